The molecule has 1 heterocycles. The van der Waals surface area contributed by atoms with Crippen LogP contribution >= 0.6 is 0 Å². The molecule has 1 fully saturated rings. The minimum atomic E-state index is -0.418. The van der Waals surface area contributed by atoms with Crippen LogP contribution in [0, 0.1) is 37.9 Å². The number of hydrogen-bond acceptors (Lipinski definition) is 4. The predicted octanol–water partition coefficient (Wildman–Crippen LogP) is 3.92. The number of piperazine rings is 1. The van der Waals surface area contributed by atoms with Crippen LogP contribution in [0.5, 0.6) is 0 Å². The molecule has 0 spiro atoms. The maximum atomic E-state index is 14.0. The van der Waals surface area contributed by atoms with Gasteiger partial charge in [-0.2, -0.15) is 5.26 Å². The highest BCUT2D eigenvalue weighted by Crippen LogP contribution is 2.23. The molecule has 0 radical (unpaired) electrons. The molecule has 0 aliphatic carbocycles. The summed E-state index contributed by atoms with van der Waals surface area (Å²) in [5, 5.41) is 12.4. The van der Waals surface area contributed by atoms with Gasteiger partial charge in [-0.3, -0.25) is 4.79 Å². The monoisotopic (exact) mass is 392 g/mol. The molecule has 150 valence electrons. The third-order valence-electron chi connectivity index (χ3n) is 5.10. The number of aryl methyl sites for hydroxylation is 3. The van der Waals surface area contributed by atoms with Gasteiger partial charge in [-0.15, -0.1) is 0 Å². The third kappa shape index (κ3) is 4.75. The second-order valence-electron chi connectivity index (χ2n) is 7.36. The van der Waals surface area contributed by atoms with Gasteiger partial charge >= 0.3 is 0 Å². The summed E-state index contributed by atoms with van der Waals surface area (Å²) < 4.78 is 14.0. The van der Waals surface area contributed by atoms with Crippen molar-refractivity contribution >= 4 is 17.3 Å². The van der Waals surface area contributed by atoms with E-state index in [-0.39, 0.29) is 11.4 Å². The summed E-state index contributed by atoms with van der Waals surface area (Å²) in [6, 6.07) is 12.7. The number of nitrogens with zero attached hydrogens (tertiary/aromatic N) is 3. The molecule has 1 aliphatic heterocycles. The number of anilines is 2. The Balaban J connectivity index is 1.67. The first-order valence-corrected chi connectivity index (χ1v) is 9.63. The zero-order valence-corrected chi connectivity index (χ0v) is 17.0. The van der Waals surface area contributed by atoms with Crippen LogP contribution in [0.25, 0.3) is 0 Å². The van der Waals surface area contributed by atoms with Crippen molar-refractivity contribution in [1.82, 2.24) is 4.90 Å². The normalized spacial score (nSPS) is 14.5. The number of carbonyl (C=O) groups is 1. The highest BCUT2D eigenvalue weighted by Gasteiger charge is 2.20. The Morgan fingerprint density at radius 3 is 2.31 bits per heavy atom. The van der Waals surface area contributed by atoms with Crippen molar-refractivity contribution < 1.29 is 9.18 Å². The first-order chi connectivity index (χ1) is 13.9. The number of rotatable bonds is 4. The van der Waals surface area contributed by atoms with E-state index in [1.165, 1.54) is 6.07 Å². The summed E-state index contributed by atoms with van der Waals surface area (Å²) in [5.41, 5.74) is 4.44. The van der Waals surface area contributed by atoms with Crippen LogP contribution < -0.4 is 10.2 Å². The van der Waals surface area contributed by atoms with Gasteiger partial charge in [-0.25, -0.2) is 4.39 Å². The maximum absolute atomic E-state index is 14.0. The molecule has 2 aromatic rings. The standard InChI is InChI=1S/C23H25FN4O/c1-16-12-17(2)22(18(3)13-16)26-23(29)19(14-25)15-27-8-10-28(11-9-27)21-7-5-4-6-20(21)24/h4-7,12-13,15H,8-11H2,1-3H3,(H,26,29)/b19-15-. The second kappa shape index (κ2) is 8.78. The summed E-state index contributed by atoms with van der Waals surface area (Å²) in [6.45, 7) is 8.33. The second-order valence-corrected chi connectivity index (χ2v) is 7.36. The molecular weight excluding hydrogens is 367 g/mol. The predicted molar refractivity (Wildman–Crippen MR) is 113 cm³/mol. The highest BCUT2D eigenvalue weighted by atomic mass is 19.1. The molecule has 1 N–H and O–H groups in total. The Hall–Kier alpha value is -3.33. The number of nitriles is 1. The number of hydrogen-bond donors (Lipinski definition) is 1. The van der Waals surface area contributed by atoms with E-state index in [2.05, 4.69) is 5.32 Å². The average Bonchev–Trinajstić information content (AvgIpc) is 2.69. The topological polar surface area (TPSA) is 59.4 Å². The molecule has 3 rings (SSSR count). The van der Waals surface area contributed by atoms with Crippen LogP contribution in [-0.2, 0) is 4.79 Å². The van der Waals surface area contributed by atoms with Gasteiger partial charge in [-0.05, 0) is 44.0 Å². The average molecular weight is 392 g/mol. The SMILES string of the molecule is Cc1cc(C)c(NC(=O)/C(C#N)=C\N2CCN(c3ccccc3F)CC2)c(C)c1. The van der Waals surface area contributed by atoms with Crippen molar-refractivity contribution in [3.63, 3.8) is 0 Å². The minimum Gasteiger partial charge on any atom is -0.373 e. The first kappa shape index (κ1) is 20.4. The molecule has 0 saturated carbocycles. The van der Waals surface area contributed by atoms with Crippen molar-refractivity contribution in [2.24, 2.45) is 0 Å². The smallest absolute Gasteiger partial charge is 0.267 e. The van der Waals surface area contributed by atoms with Gasteiger partial charge in [0.25, 0.3) is 5.91 Å². The van der Waals surface area contributed by atoms with Gasteiger partial charge in [-0.1, -0.05) is 29.8 Å². The zero-order valence-electron chi connectivity index (χ0n) is 17.0. The van der Waals surface area contributed by atoms with E-state index in [1.807, 2.05) is 54.8 Å². The summed E-state index contributed by atoms with van der Waals surface area (Å²) in [5.74, 6) is -0.656. The van der Waals surface area contributed by atoms with E-state index in [0.717, 1.165) is 22.4 Å². The zero-order chi connectivity index (χ0) is 21.0. The fourth-order valence-corrected chi connectivity index (χ4v) is 3.68. The molecule has 1 amide bonds. The van der Waals surface area contributed by atoms with Crippen molar-refractivity contribution in [2.45, 2.75) is 20.8 Å². The van der Waals surface area contributed by atoms with Crippen LogP contribution in [0.1, 0.15) is 16.7 Å². The summed E-state index contributed by atoms with van der Waals surface area (Å²) in [4.78, 5) is 16.6. The number of benzene rings is 2. The fraction of sp³-hybridized carbons (Fsp3) is 0.304. The van der Waals surface area contributed by atoms with Gasteiger partial charge in [0.2, 0.25) is 0 Å². The molecule has 1 saturated heterocycles. The van der Waals surface area contributed by atoms with Gasteiger partial charge < -0.3 is 15.1 Å². The van der Waals surface area contributed by atoms with E-state index in [4.69, 9.17) is 0 Å². The molecule has 0 bridgehead atoms. The molecule has 29 heavy (non-hydrogen) atoms. The van der Waals surface area contributed by atoms with Gasteiger partial charge in [0, 0.05) is 38.1 Å². The van der Waals surface area contributed by atoms with Crippen molar-refractivity contribution in [3.05, 3.63) is 70.7 Å². The lowest BCUT2D eigenvalue weighted by atomic mass is 10.0. The minimum absolute atomic E-state index is 0.0590. The summed E-state index contributed by atoms with van der Waals surface area (Å²) in [7, 11) is 0. The van der Waals surface area contributed by atoms with E-state index in [0.29, 0.717) is 31.9 Å². The lowest BCUT2D eigenvalue weighted by Crippen LogP contribution is -2.44. The maximum Gasteiger partial charge on any atom is 0.267 e. The van der Waals surface area contributed by atoms with Crippen LogP contribution in [0.15, 0.2) is 48.2 Å². The van der Waals surface area contributed by atoms with Crippen LogP contribution in [-0.4, -0.2) is 37.0 Å². The van der Waals surface area contributed by atoms with Crippen molar-refractivity contribution in [2.75, 3.05) is 36.4 Å². The van der Waals surface area contributed by atoms with Gasteiger partial charge in [0.05, 0.1) is 5.69 Å². The lowest BCUT2D eigenvalue weighted by molar-refractivity contribution is -0.112. The van der Waals surface area contributed by atoms with Crippen LogP contribution in [0.2, 0.25) is 0 Å². The van der Waals surface area contributed by atoms with E-state index >= 15 is 0 Å². The Morgan fingerprint density at radius 2 is 1.72 bits per heavy atom. The number of nitrogens with one attached hydrogen (secondary N) is 1. The number of para-hydroxylation sites is 1. The molecule has 1 aliphatic rings. The molecule has 2 aromatic carbocycles. The highest BCUT2D eigenvalue weighted by molar-refractivity contribution is 6.07. The summed E-state index contributed by atoms with van der Waals surface area (Å²) in [6.07, 6.45) is 1.60. The Kier molecular flexibility index (Phi) is 6.18. The van der Waals surface area contributed by atoms with Crippen molar-refractivity contribution in [3.8, 4) is 6.07 Å². The van der Waals surface area contributed by atoms with Crippen LogP contribution in [0.4, 0.5) is 15.8 Å². The van der Waals surface area contributed by atoms with Crippen LogP contribution in [0.3, 0.4) is 0 Å². The number of amides is 1. The molecule has 0 unspecified atom stereocenters. The largest absolute Gasteiger partial charge is 0.373 e. The number of halogens is 1. The van der Waals surface area contributed by atoms with E-state index < -0.39 is 5.91 Å². The Morgan fingerprint density at radius 1 is 1.10 bits per heavy atom. The Bertz CT molecular complexity index is 962. The lowest BCUT2D eigenvalue weighted by Gasteiger charge is -2.35. The van der Waals surface area contributed by atoms with E-state index in [1.54, 1.807) is 18.3 Å². The first-order valence-electron chi connectivity index (χ1n) is 9.63. The molecule has 6 heteroatoms. The van der Waals surface area contributed by atoms with Crippen molar-refractivity contribution in [1.29, 1.82) is 5.26 Å². The summed E-state index contributed by atoms with van der Waals surface area (Å²) >= 11 is 0. The van der Waals surface area contributed by atoms with Gasteiger partial charge in [0.1, 0.15) is 17.5 Å². The fourth-order valence-electron chi connectivity index (χ4n) is 3.68. The quantitative estimate of drug-likeness (QED) is 0.633. The molecule has 0 atom stereocenters. The molecule has 0 aromatic heterocycles. The third-order valence-corrected chi connectivity index (χ3v) is 5.10. The van der Waals surface area contributed by atoms with Gasteiger partial charge in [0.15, 0.2) is 0 Å². The molecular formula is C23H25FN4O. The molecule has 5 nitrogen and oxygen atoms in total. The number of carbonyl (C=O) groups excluding carboxylic acids is 1. The Labute approximate surface area is 171 Å². The van der Waals surface area contributed by atoms with E-state index in [9.17, 15) is 14.4 Å².